The highest BCUT2D eigenvalue weighted by Gasteiger charge is 2.21. The summed E-state index contributed by atoms with van der Waals surface area (Å²) in [4.78, 5) is 14.2. The lowest BCUT2D eigenvalue weighted by Gasteiger charge is -2.21. The second-order valence-corrected chi connectivity index (χ2v) is 9.77. The van der Waals surface area contributed by atoms with E-state index in [1.165, 1.54) is 12.3 Å². The van der Waals surface area contributed by atoms with Gasteiger partial charge in [0.05, 0.1) is 23.8 Å². The molecule has 0 aliphatic rings. The van der Waals surface area contributed by atoms with Crippen LogP contribution in [0.25, 0.3) is 0 Å². The Morgan fingerprint density at radius 3 is 2.48 bits per heavy atom. The van der Waals surface area contributed by atoms with E-state index in [1.54, 1.807) is 12.1 Å². The molecule has 0 aliphatic heterocycles. The van der Waals surface area contributed by atoms with Gasteiger partial charge in [-0.3, -0.25) is 9.10 Å². The van der Waals surface area contributed by atoms with E-state index < -0.39 is 22.5 Å². The molecule has 0 saturated heterocycles. The molecule has 0 heterocycles. The van der Waals surface area contributed by atoms with Crippen molar-refractivity contribution in [2.45, 2.75) is 6.92 Å². The van der Waals surface area contributed by atoms with Crippen LogP contribution in [0.2, 0.25) is 5.02 Å². The number of nitrogens with zero attached hydrogens (tertiary/aromatic N) is 3. The highest BCUT2D eigenvalue weighted by atomic mass is 79.9. The molecule has 0 fully saturated rings. The fourth-order valence-corrected chi connectivity index (χ4v) is 4.22. The van der Waals surface area contributed by atoms with Crippen molar-refractivity contribution in [1.29, 1.82) is 0 Å². The summed E-state index contributed by atoms with van der Waals surface area (Å²) in [5, 5.41) is 4.33. The van der Waals surface area contributed by atoms with Crippen LogP contribution < -0.4 is 14.6 Å². The number of nitrogens with one attached hydrogen (secondary N) is 1. The Morgan fingerprint density at radius 1 is 1.24 bits per heavy atom. The molecular formula is C19H22BrClN4O3S. The lowest BCUT2D eigenvalue weighted by molar-refractivity contribution is -0.119. The van der Waals surface area contributed by atoms with E-state index in [2.05, 4.69) is 26.5 Å². The van der Waals surface area contributed by atoms with E-state index in [0.717, 1.165) is 31.8 Å². The number of rotatable bonds is 7. The maximum Gasteiger partial charge on any atom is 0.260 e. The predicted octanol–water partition coefficient (Wildman–Crippen LogP) is 3.39. The Kier molecular flexibility index (Phi) is 7.67. The van der Waals surface area contributed by atoms with Crippen molar-refractivity contribution in [3.05, 3.63) is 57.0 Å². The molecule has 0 saturated carbocycles. The van der Waals surface area contributed by atoms with Crippen molar-refractivity contribution in [3.8, 4) is 0 Å². The molecule has 0 aliphatic carbocycles. The maximum atomic E-state index is 12.2. The molecule has 1 N–H and O–H groups in total. The minimum atomic E-state index is -3.69. The molecule has 0 radical (unpaired) electrons. The summed E-state index contributed by atoms with van der Waals surface area (Å²) in [7, 11) is 0.179. The third kappa shape index (κ3) is 6.45. The number of halogens is 2. The van der Waals surface area contributed by atoms with Gasteiger partial charge in [-0.05, 0) is 58.2 Å². The Balaban J connectivity index is 2.10. The number of aryl methyl sites for hydroxylation is 1. The van der Waals surface area contributed by atoms with Crippen LogP contribution in [0.4, 0.5) is 11.4 Å². The van der Waals surface area contributed by atoms with Gasteiger partial charge in [0, 0.05) is 23.6 Å². The minimum absolute atomic E-state index is 0.311. The van der Waals surface area contributed by atoms with E-state index in [4.69, 9.17) is 11.6 Å². The summed E-state index contributed by atoms with van der Waals surface area (Å²) in [6, 6.07) is 10.4. The molecule has 0 atom stereocenters. The number of amides is 1. The fraction of sp³-hybridized carbons (Fsp3) is 0.263. The van der Waals surface area contributed by atoms with Crippen LogP contribution in [0.5, 0.6) is 0 Å². The van der Waals surface area contributed by atoms with Gasteiger partial charge in [-0.2, -0.15) is 5.10 Å². The number of carbonyl (C=O) groups is 1. The number of anilines is 2. The van der Waals surface area contributed by atoms with Crippen LogP contribution in [-0.2, 0) is 14.8 Å². The van der Waals surface area contributed by atoms with Crippen molar-refractivity contribution in [2.24, 2.45) is 5.10 Å². The van der Waals surface area contributed by atoms with E-state index >= 15 is 0 Å². The number of sulfonamides is 1. The molecule has 0 unspecified atom stereocenters. The van der Waals surface area contributed by atoms with Crippen LogP contribution in [0.3, 0.4) is 0 Å². The first kappa shape index (κ1) is 23.2. The summed E-state index contributed by atoms with van der Waals surface area (Å²) < 4.78 is 26.1. The van der Waals surface area contributed by atoms with Crippen molar-refractivity contribution < 1.29 is 13.2 Å². The maximum absolute atomic E-state index is 12.2. The third-order valence-corrected chi connectivity index (χ3v) is 6.17. The van der Waals surface area contributed by atoms with Gasteiger partial charge >= 0.3 is 0 Å². The number of hydrazone groups is 1. The van der Waals surface area contributed by atoms with E-state index in [1.807, 2.05) is 44.1 Å². The molecule has 2 aromatic carbocycles. The second kappa shape index (κ2) is 9.60. The van der Waals surface area contributed by atoms with Gasteiger partial charge in [0.25, 0.3) is 5.91 Å². The largest absolute Gasteiger partial charge is 0.377 e. The van der Waals surface area contributed by atoms with E-state index in [9.17, 15) is 13.2 Å². The van der Waals surface area contributed by atoms with Crippen molar-refractivity contribution in [2.75, 3.05) is 36.1 Å². The van der Waals surface area contributed by atoms with Gasteiger partial charge < -0.3 is 4.90 Å². The van der Waals surface area contributed by atoms with Gasteiger partial charge in [-0.15, -0.1) is 0 Å². The quantitative estimate of drug-likeness (QED) is 0.466. The first-order valence-electron chi connectivity index (χ1n) is 8.51. The van der Waals surface area contributed by atoms with Gasteiger partial charge in [0.15, 0.2) is 0 Å². The summed E-state index contributed by atoms with van der Waals surface area (Å²) in [5.41, 5.74) is 5.25. The molecule has 156 valence electrons. The number of benzene rings is 2. The SMILES string of the molecule is Cc1ccc(N(CC(=O)N/N=C\c2ccc(N(C)C)c(Br)c2)S(C)(=O)=O)cc1Cl. The monoisotopic (exact) mass is 500 g/mol. The lowest BCUT2D eigenvalue weighted by Crippen LogP contribution is -2.39. The van der Waals surface area contributed by atoms with Crippen LogP contribution in [-0.4, -0.2) is 47.4 Å². The normalized spacial score (nSPS) is 11.5. The zero-order valence-corrected chi connectivity index (χ0v) is 19.6. The first-order chi connectivity index (χ1) is 13.5. The molecule has 10 heteroatoms. The summed E-state index contributed by atoms with van der Waals surface area (Å²) >= 11 is 9.57. The highest BCUT2D eigenvalue weighted by Crippen LogP contribution is 2.26. The Bertz CT molecular complexity index is 1040. The standard InChI is InChI=1S/C19H22BrClN4O3S/c1-13-5-7-15(10-17(13)21)25(29(4,27)28)12-19(26)23-22-11-14-6-8-18(24(2)3)16(20)9-14/h5-11H,12H2,1-4H3,(H,23,26)/b22-11-. The highest BCUT2D eigenvalue weighted by molar-refractivity contribution is 9.10. The number of carbonyl (C=O) groups excluding carboxylic acids is 1. The summed E-state index contributed by atoms with van der Waals surface area (Å²) in [6.07, 6.45) is 2.51. The minimum Gasteiger partial charge on any atom is -0.377 e. The molecular weight excluding hydrogens is 480 g/mol. The molecule has 29 heavy (non-hydrogen) atoms. The van der Waals surface area contributed by atoms with Crippen LogP contribution in [0, 0.1) is 6.92 Å². The average Bonchev–Trinajstić information content (AvgIpc) is 2.61. The van der Waals surface area contributed by atoms with E-state index in [-0.39, 0.29) is 0 Å². The topological polar surface area (TPSA) is 82.1 Å². The molecule has 0 bridgehead atoms. The van der Waals surface area contributed by atoms with E-state index in [0.29, 0.717) is 10.7 Å². The van der Waals surface area contributed by atoms with Gasteiger partial charge in [-0.1, -0.05) is 23.7 Å². The molecule has 2 aromatic rings. The molecule has 1 amide bonds. The molecule has 2 rings (SSSR count). The summed E-state index contributed by atoms with van der Waals surface area (Å²) in [6.45, 7) is 1.39. The zero-order chi connectivity index (χ0) is 21.8. The Labute approximate surface area is 184 Å². The Morgan fingerprint density at radius 2 is 1.93 bits per heavy atom. The summed E-state index contributed by atoms with van der Waals surface area (Å²) in [5.74, 6) is -0.577. The smallest absolute Gasteiger partial charge is 0.260 e. The van der Waals surface area contributed by atoms with Crippen molar-refractivity contribution >= 4 is 61.1 Å². The lowest BCUT2D eigenvalue weighted by atomic mass is 10.2. The Hall–Kier alpha value is -2.10. The first-order valence-corrected chi connectivity index (χ1v) is 11.5. The molecule has 0 spiro atoms. The third-order valence-electron chi connectivity index (χ3n) is 3.99. The van der Waals surface area contributed by atoms with Gasteiger partial charge in [-0.25, -0.2) is 13.8 Å². The molecule has 0 aromatic heterocycles. The average molecular weight is 502 g/mol. The number of hydrogen-bond acceptors (Lipinski definition) is 5. The van der Waals surface area contributed by atoms with Crippen LogP contribution in [0.1, 0.15) is 11.1 Å². The van der Waals surface area contributed by atoms with Crippen LogP contribution in [0.15, 0.2) is 46.0 Å². The van der Waals surface area contributed by atoms with Crippen LogP contribution >= 0.6 is 27.5 Å². The van der Waals surface area contributed by atoms with Crippen molar-refractivity contribution in [1.82, 2.24) is 5.43 Å². The van der Waals surface area contributed by atoms with Crippen molar-refractivity contribution in [3.63, 3.8) is 0 Å². The molecule has 7 nitrogen and oxygen atoms in total. The number of hydrogen-bond donors (Lipinski definition) is 1. The van der Waals surface area contributed by atoms with Gasteiger partial charge in [0.2, 0.25) is 10.0 Å². The second-order valence-electron chi connectivity index (χ2n) is 6.60. The zero-order valence-electron chi connectivity index (χ0n) is 16.5. The van der Waals surface area contributed by atoms with Gasteiger partial charge in [0.1, 0.15) is 6.54 Å². The fourth-order valence-electron chi connectivity index (χ4n) is 2.45. The predicted molar refractivity (Wildman–Crippen MR) is 123 cm³/mol.